The first-order chi connectivity index (χ1) is 14.0. The highest BCUT2D eigenvalue weighted by Gasteiger charge is 2.30. The number of aliphatic imine (C=N–C) groups is 1. The van der Waals surface area contributed by atoms with Crippen molar-refractivity contribution in [2.75, 3.05) is 19.6 Å². The molecule has 0 unspecified atom stereocenters. The van der Waals surface area contributed by atoms with Gasteiger partial charge in [-0.1, -0.05) is 42.5 Å². The zero-order valence-corrected chi connectivity index (χ0v) is 17.1. The van der Waals surface area contributed by atoms with Crippen molar-refractivity contribution in [3.8, 4) is 0 Å². The van der Waals surface area contributed by atoms with Crippen LogP contribution in [0, 0.1) is 5.92 Å². The van der Waals surface area contributed by atoms with E-state index in [4.69, 9.17) is 0 Å². The van der Waals surface area contributed by atoms with Crippen LogP contribution in [-0.2, 0) is 21.2 Å². The number of nitrogens with one attached hydrogen (secondary N) is 1. The van der Waals surface area contributed by atoms with Crippen LogP contribution in [0.3, 0.4) is 0 Å². The van der Waals surface area contributed by atoms with Gasteiger partial charge in [-0.15, -0.1) is 0 Å². The van der Waals surface area contributed by atoms with Gasteiger partial charge in [-0.25, -0.2) is 8.42 Å². The number of piperidine rings is 1. The number of fused-ring (bicyclic) bond motifs is 1. The fourth-order valence-corrected chi connectivity index (χ4v) is 5.26. The number of nitrogens with zero attached hydrogens (tertiary/aromatic N) is 2. The van der Waals surface area contributed by atoms with Crippen LogP contribution >= 0.6 is 0 Å². The fourth-order valence-electron chi connectivity index (χ4n) is 4.01. The first-order valence-electron chi connectivity index (χ1n) is 10.0. The summed E-state index contributed by atoms with van der Waals surface area (Å²) >= 11 is 0. The van der Waals surface area contributed by atoms with Crippen molar-refractivity contribution in [3.63, 3.8) is 0 Å². The maximum Gasteiger partial charge on any atom is 0.263 e. The quantitative estimate of drug-likeness (QED) is 0.821. The van der Waals surface area contributed by atoms with E-state index in [-0.39, 0.29) is 23.8 Å². The van der Waals surface area contributed by atoms with E-state index in [1.165, 1.54) is 5.56 Å². The van der Waals surface area contributed by atoms with Gasteiger partial charge in [-0.2, -0.15) is 0 Å². The second kappa shape index (κ2) is 8.37. The Labute approximate surface area is 171 Å². The summed E-state index contributed by atoms with van der Waals surface area (Å²) in [7, 11) is -3.53. The highest BCUT2D eigenvalue weighted by Crippen LogP contribution is 2.23. The molecule has 2 heterocycles. The highest BCUT2D eigenvalue weighted by atomic mass is 32.2. The maximum atomic E-state index is 12.5. The number of rotatable bonds is 5. The number of hydrogen-bond acceptors (Lipinski definition) is 4. The molecule has 0 atom stereocenters. The van der Waals surface area contributed by atoms with Crippen molar-refractivity contribution >= 4 is 21.8 Å². The SMILES string of the molecule is O=C(CCN=C1NS(=O)(=O)c2ccccc21)N1CCC(Cc2ccccc2)CC1. The molecule has 2 aromatic rings. The average molecular weight is 412 g/mol. The van der Waals surface area contributed by atoms with Gasteiger partial charge in [0.25, 0.3) is 10.0 Å². The molecule has 1 fully saturated rings. The van der Waals surface area contributed by atoms with Crippen molar-refractivity contribution in [2.45, 2.75) is 30.6 Å². The molecule has 0 aromatic heterocycles. The van der Waals surface area contributed by atoms with Crippen LogP contribution in [0.15, 0.2) is 64.5 Å². The summed E-state index contributed by atoms with van der Waals surface area (Å²) in [5.74, 6) is 1.03. The van der Waals surface area contributed by atoms with Crippen molar-refractivity contribution in [2.24, 2.45) is 10.9 Å². The van der Waals surface area contributed by atoms with E-state index < -0.39 is 10.0 Å². The molecule has 7 heteroatoms. The molecule has 0 aliphatic carbocycles. The third-order valence-corrected chi connectivity index (χ3v) is 6.99. The van der Waals surface area contributed by atoms with E-state index >= 15 is 0 Å². The molecule has 4 rings (SSSR count). The highest BCUT2D eigenvalue weighted by molar-refractivity contribution is 7.90. The zero-order valence-electron chi connectivity index (χ0n) is 16.3. The smallest absolute Gasteiger partial charge is 0.263 e. The lowest BCUT2D eigenvalue weighted by Crippen LogP contribution is -2.39. The van der Waals surface area contributed by atoms with Crippen molar-refractivity contribution in [1.82, 2.24) is 9.62 Å². The summed E-state index contributed by atoms with van der Waals surface area (Å²) in [5, 5.41) is 0. The Balaban J connectivity index is 1.28. The zero-order chi connectivity index (χ0) is 20.3. The molecule has 6 nitrogen and oxygen atoms in total. The summed E-state index contributed by atoms with van der Waals surface area (Å²) < 4.78 is 26.7. The summed E-state index contributed by atoms with van der Waals surface area (Å²) in [4.78, 5) is 19.0. The lowest BCUT2D eigenvalue weighted by Gasteiger charge is -2.32. The Hall–Kier alpha value is -2.67. The lowest BCUT2D eigenvalue weighted by molar-refractivity contribution is -0.132. The summed E-state index contributed by atoms with van der Waals surface area (Å²) in [6.45, 7) is 1.83. The first-order valence-corrected chi connectivity index (χ1v) is 11.5. The van der Waals surface area contributed by atoms with E-state index in [0.29, 0.717) is 17.3 Å². The van der Waals surface area contributed by atoms with Gasteiger partial charge in [0.15, 0.2) is 0 Å². The molecular weight excluding hydrogens is 386 g/mol. The van der Waals surface area contributed by atoms with E-state index in [9.17, 15) is 13.2 Å². The fraction of sp³-hybridized carbons (Fsp3) is 0.364. The number of carbonyl (C=O) groups is 1. The first kappa shape index (κ1) is 19.6. The minimum atomic E-state index is -3.53. The third-order valence-electron chi connectivity index (χ3n) is 5.59. The normalized spacial score (nSPS) is 19.7. The number of likely N-dealkylation sites (tertiary alicyclic amines) is 1. The van der Waals surface area contributed by atoms with Crippen molar-refractivity contribution in [3.05, 3.63) is 65.7 Å². The number of benzene rings is 2. The molecule has 0 saturated carbocycles. The van der Waals surface area contributed by atoms with Crippen molar-refractivity contribution < 1.29 is 13.2 Å². The topological polar surface area (TPSA) is 78.8 Å². The van der Waals surface area contributed by atoms with Gasteiger partial charge in [-0.3, -0.25) is 14.5 Å². The van der Waals surface area contributed by atoms with Crippen LogP contribution in [0.1, 0.15) is 30.4 Å². The standard InChI is InChI=1S/C22H25N3O3S/c26-21(25-14-11-18(12-15-25)16-17-6-2-1-3-7-17)10-13-23-22-19-8-4-5-9-20(19)29(27,28)24-22/h1-9,18H,10-16H2,(H,23,24). The molecular formula is C22H25N3O3S. The van der Waals surface area contributed by atoms with Gasteiger partial charge >= 0.3 is 0 Å². The second-order valence-corrected chi connectivity index (χ2v) is 9.25. The number of amidine groups is 1. The molecule has 1 N–H and O–H groups in total. The van der Waals surface area contributed by atoms with Gasteiger partial charge in [0, 0.05) is 25.1 Å². The molecule has 0 spiro atoms. The third kappa shape index (κ3) is 4.50. The lowest BCUT2D eigenvalue weighted by atomic mass is 9.90. The van der Waals surface area contributed by atoms with Crippen LogP contribution in [0.2, 0.25) is 0 Å². The summed E-state index contributed by atoms with van der Waals surface area (Å²) in [6, 6.07) is 17.2. The van der Waals surface area contributed by atoms with E-state index in [1.807, 2.05) is 11.0 Å². The molecule has 2 aromatic carbocycles. The minimum Gasteiger partial charge on any atom is -0.343 e. The van der Waals surface area contributed by atoms with Crippen LogP contribution < -0.4 is 4.72 Å². The second-order valence-electron chi connectivity index (χ2n) is 7.60. The largest absolute Gasteiger partial charge is 0.343 e. The van der Waals surface area contributed by atoms with Crippen molar-refractivity contribution in [1.29, 1.82) is 0 Å². The molecule has 0 bridgehead atoms. The summed E-state index contributed by atoms with van der Waals surface area (Å²) in [6.07, 6.45) is 3.39. The molecule has 152 valence electrons. The van der Waals surface area contributed by atoms with Crippen LogP contribution in [-0.4, -0.2) is 44.7 Å². The number of hydrogen-bond donors (Lipinski definition) is 1. The predicted octanol–water partition coefficient (Wildman–Crippen LogP) is 2.60. The molecule has 0 radical (unpaired) electrons. The Kier molecular flexibility index (Phi) is 5.67. The number of carbonyl (C=O) groups excluding carboxylic acids is 1. The Morgan fingerprint density at radius 3 is 2.48 bits per heavy atom. The minimum absolute atomic E-state index is 0.0849. The average Bonchev–Trinajstić information content (AvgIpc) is 3.00. The Bertz CT molecular complexity index is 1010. The molecule has 29 heavy (non-hydrogen) atoms. The monoisotopic (exact) mass is 411 g/mol. The maximum absolute atomic E-state index is 12.5. The predicted molar refractivity (Wildman–Crippen MR) is 112 cm³/mol. The van der Waals surface area contributed by atoms with Gasteiger partial charge < -0.3 is 4.90 Å². The van der Waals surface area contributed by atoms with Gasteiger partial charge in [0.1, 0.15) is 5.84 Å². The van der Waals surface area contributed by atoms with Crippen LogP contribution in [0.4, 0.5) is 0 Å². The van der Waals surface area contributed by atoms with Gasteiger partial charge in [-0.05, 0) is 42.9 Å². The number of amides is 1. The summed E-state index contributed by atoms with van der Waals surface area (Å²) in [5.41, 5.74) is 1.93. The Morgan fingerprint density at radius 1 is 1.03 bits per heavy atom. The van der Waals surface area contributed by atoms with Crippen LogP contribution in [0.5, 0.6) is 0 Å². The van der Waals surface area contributed by atoms with E-state index in [2.05, 4.69) is 34.0 Å². The molecule has 1 saturated heterocycles. The Morgan fingerprint density at radius 2 is 1.72 bits per heavy atom. The molecule has 1 amide bonds. The van der Waals surface area contributed by atoms with Gasteiger partial charge in [0.05, 0.1) is 11.4 Å². The van der Waals surface area contributed by atoms with Crippen LogP contribution in [0.25, 0.3) is 0 Å². The molecule has 2 aliphatic heterocycles. The number of sulfonamides is 1. The van der Waals surface area contributed by atoms with E-state index in [1.54, 1.807) is 24.3 Å². The molecule has 2 aliphatic rings. The van der Waals surface area contributed by atoms with E-state index in [0.717, 1.165) is 32.4 Å². The van der Waals surface area contributed by atoms with Gasteiger partial charge in [0.2, 0.25) is 5.91 Å².